The number of carboxylic acids is 1. The van der Waals surface area contributed by atoms with Gasteiger partial charge < -0.3 is 15.7 Å². The van der Waals surface area contributed by atoms with Crippen LogP contribution in [0.1, 0.15) is 21.5 Å². The molecule has 0 spiro atoms. The summed E-state index contributed by atoms with van der Waals surface area (Å²) in [6.45, 7) is 1.60. The Hall–Kier alpha value is -2.20. The second-order valence-electron chi connectivity index (χ2n) is 4.98. The molecule has 0 bridgehead atoms. The summed E-state index contributed by atoms with van der Waals surface area (Å²) < 4.78 is 0. The lowest BCUT2D eigenvalue weighted by molar-refractivity contribution is 0.0697. The summed E-state index contributed by atoms with van der Waals surface area (Å²) in [7, 11) is 0. The van der Waals surface area contributed by atoms with Gasteiger partial charge in [0.2, 0.25) is 0 Å². The van der Waals surface area contributed by atoms with Gasteiger partial charge >= 0.3 is 5.97 Å². The zero-order chi connectivity index (χ0) is 14.8. The third-order valence-corrected chi connectivity index (χ3v) is 3.94. The smallest absolute Gasteiger partial charge is 0.337 e. The van der Waals surface area contributed by atoms with Crippen LogP contribution in [0.4, 0.5) is 11.4 Å². The van der Waals surface area contributed by atoms with Crippen molar-refractivity contribution in [2.45, 2.75) is 13.0 Å². The average molecular weight is 303 g/mol. The molecule has 2 aromatic rings. The van der Waals surface area contributed by atoms with Crippen molar-refractivity contribution in [3.05, 3.63) is 58.1 Å². The SMILES string of the molecule is O=C(O)c1cc(NCc2cccc3c2NCC3)ccc1Cl. The van der Waals surface area contributed by atoms with Gasteiger partial charge in [0.15, 0.2) is 0 Å². The third-order valence-electron chi connectivity index (χ3n) is 3.61. The van der Waals surface area contributed by atoms with Gasteiger partial charge in [0.05, 0.1) is 10.6 Å². The molecule has 1 aliphatic rings. The van der Waals surface area contributed by atoms with Crippen molar-refractivity contribution in [2.75, 3.05) is 17.2 Å². The topological polar surface area (TPSA) is 61.4 Å². The summed E-state index contributed by atoms with van der Waals surface area (Å²) in [5, 5.41) is 16.0. The van der Waals surface area contributed by atoms with Crippen molar-refractivity contribution in [2.24, 2.45) is 0 Å². The Morgan fingerprint density at radius 3 is 3.00 bits per heavy atom. The predicted molar refractivity (Wildman–Crippen MR) is 84.4 cm³/mol. The molecule has 0 saturated heterocycles. The lowest BCUT2D eigenvalue weighted by Gasteiger charge is -2.12. The quantitative estimate of drug-likeness (QED) is 0.807. The summed E-state index contributed by atoms with van der Waals surface area (Å²) in [5.74, 6) is -1.02. The number of anilines is 2. The summed E-state index contributed by atoms with van der Waals surface area (Å²) in [6.07, 6.45) is 1.05. The van der Waals surface area contributed by atoms with Gasteiger partial charge in [0, 0.05) is 24.5 Å². The fourth-order valence-corrected chi connectivity index (χ4v) is 2.75. The Kier molecular flexibility index (Phi) is 3.71. The van der Waals surface area contributed by atoms with E-state index in [2.05, 4.69) is 22.8 Å². The van der Waals surface area contributed by atoms with E-state index in [4.69, 9.17) is 16.7 Å². The highest BCUT2D eigenvalue weighted by molar-refractivity contribution is 6.33. The van der Waals surface area contributed by atoms with E-state index in [0.717, 1.165) is 18.7 Å². The van der Waals surface area contributed by atoms with Crippen LogP contribution in [0.15, 0.2) is 36.4 Å². The predicted octanol–water partition coefficient (Wildman–Crippen LogP) is 3.62. The van der Waals surface area contributed by atoms with Crippen molar-refractivity contribution in [3.63, 3.8) is 0 Å². The number of benzene rings is 2. The Morgan fingerprint density at radius 1 is 1.33 bits per heavy atom. The number of fused-ring (bicyclic) bond motifs is 1. The number of para-hydroxylation sites is 1. The molecule has 108 valence electrons. The molecule has 0 saturated carbocycles. The van der Waals surface area contributed by atoms with Gasteiger partial charge in [0.25, 0.3) is 0 Å². The van der Waals surface area contributed by atoms with E-state index in [-0.39, 0.29) is 10.6 Å². The van der Waals surface area contributed by atoms with Crippen molar-refractivity contribution < 1.29 is 9.90 Å². The summed E-state index contributed by atoms with van der Waals surface area (Å²) in [5.41, 5.74) is 4.55. The Morgan fingerprint density at radius 2 is 2.19 bits per heavy atom. The number of hydrogen-bond acceptors (Lipinski definition) is 3. The summed E-state index contributed by atoms with van der Waals surface area (Å²) in [4.78, 5) is 11.1. The van der Waals surface area contributed by atoms with E-state index in [0.29, 0.717) is 6.54 Å². The van der Waals surface area contributed by atoms with Crippen LogP contribution in [0.25, 0.3) is 0 Å². The Labute approximate surface area is 127 Å². The fourth-order valence-electron chi connectivity index (χ4n) is 2.55. The normalized spacial score (nSPS) is 12.6. The zero-order valence-electron chi connectivity index (χ0n) is 11.3. The molecule has 5 heteroatoms. The van der Waals surface area contributed by atoms with Crippen molar-refractivity contribution >= 4 is 28.9 Å². The first kappa shape index (κ1) is 13.8. The summed E-state index contributed by atoms with van der Waals surface area (Å²) in [6, 6.07) is 11.2. The first-order valence-electron chi connectivity index (χ1n) is 6.76. The maximum atomic E-state index is 11.1. The van der Waals surface area contributed by atoms with Gasteiger partial charge in [-0.05, 0) is 35.7 Å². The molecule has 0 amide bonds. The minimum Gasteiger partial charge on any atom is -0.478 e. The van der Waals surface area contributed by atoms with Gasteiger partial charge in [-0.25, -0.2) is 4.79 Å². The van der Waals surface area contributed by atoms with E-state index in [9.17, 15) is 4.79 Å². The second-order valence-corrected chi connectivity index (χ2v) is 5.39. The van der Waals surface area contributed by atoms with Crippen LogP contribution >= 0.6 is 11.6 Å². The maximum absolute atomic E-state index is 11.1. The minimum atomic E-state index is -1.02. The highest BCUT2D eigenvalue weighted by Gasteiger charge is 2.14. The molecule has 3 rings (SSSR count). The monoisotopic (exact) mass is 302 g/mol. The van der Waals surface area contributed by atoms with E-state index in [1.54, 1.807) is 18.2 Å². The van der Waals surface area contributed by atoms with Gasteiger partial charge in [-0.3, -0.25) is 0 Å². The standard InChI is InChI=1S/C16H15ClN2O2/c17-14-5-4-12(8-13(14)16(20)21)19-9-11-3-1-2-10-6-7-18-15(10)11/h1-5,8,18-19H,6-7,9H2,(H,20,21). The van der Waals surface area contributed by atoms with Crippen molar-refractivity contribution in [1.29, 1.82) is 0 Å². The lowest BCUT2D eigenvalue weighted by Crippen LogP contribution is -2.04. The van der Waals surface area contributed by atoms with Crippen molar-refractivity contribution in [3.8, 4) is 0 Å². The third kappa shape index (κ3) is 2.81. The average Bonchev–Trinajstić information content (AvgIpc) is 2.95. The van der Waals surface area contributed by atoms with Crippen molar-refractivity contribution in [1.82, 2.24) is 0 Å². The number of carbonyl (C=O) groups is 1. The van der Waals surface area contributed by atoms with Gasteiger partial charge in [0.1, 0.15) is 0 Å². The molecule has 1 aliphatic heterocycles. The van der Waals surface area contributed by atoms with Gasteiger partial charge in [-0.15, -0.1) is 0 Å². The number of hydrogen-bond donors (Lipinski definition) is 3. The van der Waals surface area contributed by atoms with Crippen LogP contribution in [0.5, 0.6) is 0 Å². The van der Waals surface area contributed by atoms with E-state index in [1.165, 1.54) is 16.8 Å². The van der Waals surface area contributed by atoms with Crippen LogP contribution in [0.2, 0.25) is 5.02 Å². The molecule has 21 heavy (non-hydrogen) atoms. The molecule has 3 N–H and O–H groups in total. The number of nitrogens with one attached hydrogen (secondary N) is 2. The molecule has 0 atom stereocenters. The minimum absolute atomic E-state index is 0.109. The number of carboxylic acid groups (broad SMARTS) is 1. The van der Waals surface area contributed by atoms with Gasteiger partial charge in [-0.2, -0.15) is 0 Å². The van der Waals surface area contributed by atoms with Crippen LogP contribution in [0.3, 0.4) is 0 Å². The first-order valence-corrected chi connectivity index (χ1v) is 7.14. The molecule has 1 heterocycles. The van der Waals surface area contributed by atoms with Crippen LogP contribution in [-0.4, -0.2) is 17.6 Å². The van der Waals surface area contributed by atoms with E-state index < -0.39 is 5.97 Å². The van der Waals surface area contributed by atoms with Gasteiger partial charge in [-0.1, -0.05) is 29.8 Å². The zero-order valence-corrected chi connectivity index (χ0v) is 12.1. The lowest BCUT2D eigenvalue weighted by atomic mass is 10.1. The Balaban J connectivity index is 1.78. The molecule has 4 nitrogen and oxygen atoms in total. The van der Waals surface area contributed by atoms with E-state index >= 15 is 0 Å². The second kappa shape index (κ2) is 5.66. The number of rotatable bonds is 4. The molecule has 0 unspecified atom stereocenters. The molecule has 0 aliphatic carbocycles. The van der Waals surface area contributed by atoms with Crippen LogP contribution < -0.4 is 10.6 Å². The number of aromatic carboxylic acids is 1. The molecule has 0 radical (unpaired) electrons. The summed E-state index contributed by atoms with van der Waals surface area (Å²) >= 11 is 5.87. The molecular formula is C16H15ClN2O2. The number of halogens is 1. The fraction of sp³-hybridized carbons (Fsp3) is 0.188. The molecular weight excluding hydrogens is 288 g/mol. The Bertz CT molecular complexity index is 701. The maximum Gasteiger partial charge on any atom is 0.337 e. The van der Waals surface area contributed by atoms with Crippen LogP contribution in [0, 0.1) is 0 Å². The first-order chi connectivity index (χ1) is 10.1. The molecule has 2 aromatic carbocycles. The highest BCUT2D eigenvalue weighted by Crippen LogP contribution is 2.27. The largest absolute Gasteiger partial charge is 0.478 e. The van der Waals surface area contributed by atoms with Crippen LogP contribution in [-0.2, 0) is 13.0 Å². The molecule has 0 fully saturated rings. The van der Waals surface area contributed by atoms with E-state index in [1.807, 2.05) is 6.07 Å². The highest BCUT2D eigenvalue weighted by atomic mass is 35.5. The molecule has 0 aromatic heterocycles.